The van der Waals surface area contributed by atoms with Gasteiger partial charge in [0.2, 0.25) is 0 Å². The zero-order valence-corrected chi connectivity index (χ0v) is 14.6. The summed E-state index contributed by atoms with van der Waals surface area (Å²) in [5.41, 5.74) is 1.67. The second-order valence-corrected chi connectivity index (χ2v) is 6.07. The molecule has 0 bridgehead atoms. The molecule has 0 aliphatic carbocycles. The van der Waals surface area contributed by atoms with Crippen LogP contribution < -0.4 is 9.47 Å². The fraction of sp³-hybridized carbons (Fsp3) is 0.350. The molecule has 1 saturated heterocycles. The summed E-state index contributed by atoms with van der Waals surface area (Å²) in [6.07, 6.45) is 0.0630. The van der Waals surface area contributed by atoms with E-state index in [1.807, 2.05) is 42.2 Å². The molecule has 0 radical (unpaired) electrons. The minimum atomic E-state index is -0.0111. The molecule has 132 valence electrons. The molecule has 1 aliphatic heterocycles. The van der Waals surface area contributed by atoms with E-state index in [2.05, 4.69) is 0 Å². The first kappa shape index (κ1) is 17.3. The summed E-state index contributed by atoms with van der Waals surface area (Å²) < 4.78 is 16.7. The molecule has 3 rings (SSSR count). The van der Waals surface area contributed by atoms with Crippen molar-refractivity contribution in [3.05, 3.63) is 59.7 Å². The van der Waals surface area contributed by atoms with Crippen LogP contribution in [0.3, 0.4) is 0 Å². The van der Waals surface area contributed by atoms with Gasteiger partial charge in [-0.15, -0.1) is 0 Å². The van der Waals surface area contributed by atoms with Gasteiger partial charge in [-0.2, -0.15) is 0 Å². The quantitative estimate of drug-likeness (QED) is 0.838. The second-order valence-electron chi connectivity index (χ2n) is 6.07. The number of ether oxygens (including phenoxy) is 3. The fourth-order valence-electron chi connectivity index (χ4n) is 2.84. The Morgan fingerprint density at radius 3 is 2.72 bits per heavy atom. The van der Waals surface area contributed by atoms with Crippen LogP contribution in [0.4, 0.5) is 0 Å². The first-order valence-electron chi connectivity index (χ1n) is 8.43. The maximum atomic E-state index is 12.7. The molecule has 0 aromatic heterocycles. The molecule has 1 amide bonds. The summed E-state index contributed by atoms with van der Waals surface area (Å²) in [6, 6.07) is 15.2. The van der Waals surface area contributed by atoms with Crippen molar-refractivity contribution in [3.8, 4) is 11.5 Å². The van der Waals surface area contributed by atoms with E-state index < -0.39 is 0 Å². The van der Waals surface area contributed by atoms with E-state index >= 15 is 0 Å². The van der Waals surface area contributed by atoms with Crippen LogP contribution in [0, 0.1) is 0 Å². The lowest BCUT2D eigenvalue weighted by Crippen LogP contribution is -2.44. The highest BCUT2D eigenvalue weighted by Crippen LogP contribution is 2.29. The van der Waals surface area contributed by atoms with Gasteiger partial charge in [-0.3, -0.25) is 4.79 Å². The molecule has 25 heavy (non-hydrogen) atoms. The zero-order valence-electron chi connectivity index (χ0n) is 14.6. The number of hydrogen-bond acceptors (Lipinski definition) is 4. The number of rotatable bonds is 5. The summed E-state index contributed by atoms with van der Waals surface area (Å²) in [5.74, 6) is 1.17. The Balaban J connectivity index is 1.71. The minimum Gasteiger partial charge on any atom is -0.493 e. The van der Waals surface area contributed by atoms with Crippen LogP contribution in [0.2, 0.25) is 0 Å². The smallest absolute Gasteiger partial charge is 0.254 e. The van der Waals surface area contributed by atoms with Gasteiger partial charge >= 0.3 is 0 Å². The third-order valence-corrected chi connectivity index (χ3v) is 4.18. The van der Waals surface area contributed by atoms with Crippen LogP contribution in [0.25, 0.3) is 0 Å². The number of hydrogen-bond donors (Lipinski definition) is 0. The summed E-state index contributed by atoms with van der Waals surface area (Å²) in [6.45, 7) is 4.21. The van der Waals surface area contributed by atoms with Crippen molar-refractivity contribution in [3.63, 3.8) is 0 Å². The number of morpholine rings is 1. The normalized spacial score (nSPS) is 17.2. The maximum Gasteiger partial charge on any atom is 0.254 e. The molecule has 5 heteroatoms. The lowest BCUT2D eigenvalue weighted by Gasteiger charge is -2.31. The third-order valence-electron chi connectivity index (χ3n) is 4.18. The van der Waals surface area contributed by atoms with Gasteiger partial charge in [-0.05, 0) is 30.7 Å². The second kappa shape index (κ2) is 8.03. The maximum absolute atomic E-state index is 12.7. The van der Waals surface area contributed by atoms with E-state index in [4.69, 9.17) is 14.2 Å². The lowest BCUT2D eigenvalue weighted by atomic mass is 10.1. The van der Waals surface area contributed by atoms with Gasteiger partial charge in [-0.25, -0.2) is 0 Å². The molecule has 1 fully saturated rings. The molecule has 1 aliphatic rings. The Morgan fingerprint density at radius 2 is 2.00 bits per heavy atom. The van der Waals surface area contributed by atoms with Crippen molar-refractivity contribution >= 4 is 5.91 Å². The Labute approximate surface area is 148 Å². The van der Waals surface area contributed by atoms with Gasteiger partial charge in [0.15, 0.2) is 11.5 Å². The van der Waals surface area contributed by atoms with Crippen molar-refractivity contribution in [2.24, 2.45) is 0 Å². The van der Waals surface area contributed by atoms with E-state index in [1.54, 1.807) is 25.3 Å². The summed E-state index contributed by atoms with van der Waals surface area (Å²) in [7, 11) is 1.58. The van der Waals surface area contributed by atoms with Gasteiger partial charge in [0.05, 0.1) is 19.8 Å². The highest BCUT2D eigenvalue weighted by atomic mass is 16.5. The molecule has 1 atom stereocenters. The summed E-state index contributed by atoms with van der Waals surface area (Å²) in [5, 5.41) is 0. The molecule has 0 spiro atoms. The van der Waals surface area contributed by atoms with E-state index in [0.29, 0.717) is 43.4 Å². The van der Waals surface area contributed by atoms with Gasteiger partial charge in [0.1, 0.15) is 6.61 Å². The summed E-state index contributed by atoms with van der Waals surface area (Å²) >= 11 is 0. The average Bonchev–Trinajstić information content (AvgIpc) is 2.66. The van der Waals surface area contributed by atoms with Crippen LogP contribution in [0.5, 0.6) is 11.5 Å². The number of carbonyl (C=O) groups is 1. The summed E-state index contributed by atoms with van der Waals surface area (Å²) in [4.78, 5) is 14.5. The minimum absolute atomic E-state index is 0.0111. The third kappa shape index (κ3) is 4.31. The first-order chi connectivity index (χ1) is 12.2. The number of benzene rings is 2. The van der Waals surface area contributed by atoms with Gasteiger partial charge in [-0.1, -0.05) is 30.3 Å². The highest BCUT2D eigenvalue weighted by Gasteiger charge is 2.23. The Hall–Kier alpha value is -2.53. The molecular formula is C20H23NO4. The molecule has 2 aromatic carbocycles. The topological polar surface area (TPSA) is 48.0 Å². The monoisotopic (exact) mass is 341 g/mol. The van der Waals surface area contributed by atoms with Crippen LogP contribution in [0.15, 0.2) is 48.5 Å². The number of amides is 1. The Bertz CT molecular complexity index is 717. The zero-order chi connectivity index (χ0) is 17.6. The fourth-order valence-corrected chi connectivity index (χ4v) is 2.84. The van der Waals surface area contributed by atoms with Gasteiger partial charge in [0.25, 0.3) is 5.91 Å². The van der Waals surface area contributed by atoms with Crippen LogP contribution >= 0.6 is 0 Å². The van der Waals surface area contributed by atoms with Crippen LogP contribution in [-0.4, -0.2) is 43.7 Å². The predicted octanol–water partition coefficient (Wildman–Crippen LogP) is 3.14. The molecule has 1 heterocycles. The lowest BCUT2D eigenvalue weighted by molar-refractivity contribution is -0.0124. The molecule has 0 saturated carbocycles. The number of carbonyl (C=O) groups excluding carboxylic acids is 1. The van der Waals surface area contributed by atoms with Crippen LogP contribution in [0.1, 0.15) is 22.8 Å². The predicted molar refractivity (Wildman–Crippen MR) is 95.1 cm³/mol. The standard InChI is InChI=1S/C20H23NO4/c1-15-13-21(10-11-24-15)20(22)17-8-9-18(19(12-17)23-2)25-14-16-6-4-3-5-7-16/h3-9,12,15H,10-11,13-14H2,1-2H3/t15-/m0/s1. The van der Waals surface area contributed by atoms with Crippen molar-refractivity contribution in [2.45, 2.75) is 19.6 Å². The van der Waals surface area contributed by atoms with Gasteiger partial charge < -0.3 is 19.1 Å². The Kier molecular flexibility index (Phi) is 5.56. The molecule has 0 unspecified atom stereocenters. The van der Waals surface area contributed by atoms with E-state index in [-0.39, 0.29) is 12.0 Å². The van der Waals surface area contributed by atoms with E-state index in [0.717, 1.165) is 5.56 Å². The number of nitrogens with zero attached hydrogens (tertiary/aromatic N) is 1. The largest absolute Gasteiger partial charge is 0.493 e. The number of methoxy groups -OCH3 is 1. The average molecular weight is 341 g/mol. The molecule has 0 N–H and O–H groups in total. The van der Waals surface area contributed by atoms with Crippen molar-refractivity contribution < 1.29 is 19.0 Å². The van der Waals surface area contributed by atoms with Gasteiger partial charge in [0, 0.05) is 18.7 Å². The molecular weight excluding hydrogens is 318 g/mol. The first-order valence-corrected chi connectivity index (χ1v) is 8.43. The van der Waals surface area contributed by atoms with E-state index in [9.17, 15) is 4.79 Å². The Morgan fingerprint density at radius 1 is 1.20 bits per heavy atom. The van der Waals surface area contributed by atoms with Crippen molar-refractivity contribution in [1.82, 2.24) is 4.90 Å². The van der Waals surface area contributed by atoms with E-state index in [1.165, 1.54) is 0 Å². The van der Waals surface area contributed by atoms with Crippen molar-refractivity contribution in [2.75, 3.05) is 26.8 Å². The SMILES string of the molecule is COc1cc(C(=O)N2CCO[C@@H](C)C2)ccc1OCc1ccccc1. The molecule has 5 nitrogen and oxygen atoms in total. The van der Waals surface area contributed by atoms with Crippen molar-refractivity contribution in [1.29, 1.82) is 0 Å². The molecule has 2 aromatic rings. The highest BCUT2D eigenvalue weighted by molar-refractivity contribution is 5.95. The van der Waals surface area contributed by atoms with Crippen LogP contribution in [-0.2, 0) is 11.3 Å².